The highest BCUT2D eigenvalue weighted by molar-refractivity contribution is 9.10. The molecule has 88 valence electrons. The van der Waals surface area contributed by atoms with E-state index in [1.807, 2.05) is 24.3 Å². The molecule has 1 N–H and O–H groups in total. The van der Waals surface area contributed by atoms with Crippen LogP contribution in [0, 0.1) is 16.7 Å². The fraction of sp³-hybridized carbons (Fsp3) is 0.571. The Kier molecular flexibility index (Phi) is 2.71. The highest BCUT2D eigenvalue weighted by Crippen LogP contribution is 2.72. The number of hydrogen-bond acceptors (Lipinski definition) is 1. The fourth-order valence-electron chi connectivity index (χ4n) is 2.89. The summed E-state index contributed by atoms with van der Waals surface area (Å²) in [6.45, 7) is 8.94. The lowest BCUT2D eigenvalue weighted by molar-refractivity contribution is 0.130. The van der Waals surface area contributed by atoms with Crippen molar-refractivity contribution < 1.29 is 5.11 Å². The maximum atomic E-state index is 10.4. The lowest BCUT2D eigenvalue weighted by Gasteiger charge is -2.13. The highest BCUT2D eigenvalue weighted by Gasteiger charge is 2.67. The van der Waals surface area contributed by atoms with Gasteiger partial charge in [-0.05, 0) is 28.5 Å². The molecule has 1 unspecified atom stereocenters. The maximum absolute atomic E-state index is 10.4. The average Bonchev–Trinajstić information content (AvgIpc) is 2.57. The third kappa shape index (κ3) is 1.63. The van der Waals surface area contributed by atoms with Crippen molar-refractivity contribution in [2.24, 2.45) is 16.7 Å². The number of benzene rings is 1. The third-order valence-electron chi connectivity index (χ3n) is 4.66. The second-order valence-electron chi connectivity index (χ2n) is 5.92. The van der Waals surface area contributed by atoms with E-state index in [9.17, 15) is 5.11 Å². The van der Waals surface area contributed by atoms with E-state index < -0.39 is 0 Å². The van der Waals surface area contributed by atoms with Gasteiger partial charge < -0.3 is 5.11 Å². The first-order chi connectivity index (χ1) is 7.28. The Morgan fingerprint density at radius 2 is 1.50 bits per heavy atom. The molecule has 0 heterocycles. The van der Waals surface area contributed by atoms with Crippen molar-refractivity contribution in [2.45, 2.75) is 33.8 Å². The number of aliphatic hydroxyl groups is 1. The molecule has 0 bridgehead atoms. The molecule has 1 aromatic carbocycles. The van der Waals surface area contributed by atoms with Gasteiger partial charge in [-0.3, -0.25) is 0 Å². The predicted molar refractivity (Wildman–Crippen MR) is 70.2 cm³/mol. The molecule has 1 saturated carbocycles. The van der Waals surface area contributed by atoms with Crippen molar-refractivity contribution in [1.29, 1.82) is 0 Å². The maximum Gasteiger partial charge on any atom is 0.0828 e. The van der Waals surface area contributed by atoms with Crippen molar-refractivity contribution in [3.05, 3.63) is 34.3 Å². The van der Waals surface area contributed by atoms with E-state index in [1.165, 1.54) is 0 Å². The molecule has 1 aliphatic carbocycles. The van der Waals surface area contributed by atoms with E-state index in [-0.39, 0.29) is 16.9 Å². The van der Waals surface area contributed by atoms with Crippen molar-refractivity contribution >= 4 is 15.9 Å². The molecule has 0 radical (unpaired) electrons. The lowest BCUT2D eigenvalue weighted by Crippen LogP contribution is -2.05. The first-order valence-electron chi connectivity index (χ1n) is 5.72. The molecule has 1 fully saturated rings. The number of rotatable bonds is 2. The molecule has 0 aromatic heterocycles. The van der Waals surface area contributed by atoms with Gasteiger partial charge in [0, 0.05) is 10.4 Å². The largest absolute Gasteiger partial charge is 0.388 e. The number of aliphatic hydroxyl groups excluding tert-OH is 1. The predicted octanol–water partition coefficient (Wildman–Crippen LogP) is 4.16. The fourth-order valence-corrected chi connectivity index (χ4v) is 3.15. The van der Waals surface area contributed by atoms with Crippen LogP contribution >= 0.6 is 15.9 Å². The molecule has 1 aromatic rings. The van der Waals surface area contributed by atoms with Crippen LogP contribution in [0.1, 0.15) is 39.4 Å². The van der Waals surface area contributed by atoms with E-state index in [0.29, 0.717) is 5.92 Å². The molecular formula is C14H19BrO. The van der Waals surface area contributed by atoms with Gasteiger partial charge in [-0.1, -0.05) is 55.8 Å². The van der Waals surface area contributed by atoms with Crippen LogP contribution in [0.3, 0.4) is 0 Å². The Labute approximate surface area is 106 Å². The zero-order valence-electron chi connectivity index (χ0n) is 10.3. The third-order valence-corrected chi connectivity index (χ3v) is 5.19. The van der Waals surface area contributed by atoms with Gasteiger partial charge in [-0.25, -0.2) is 0 Å². The van der Waals surface area contributed by atoms with Crippen LogP contribution in [0.25, 0.3) is 0 Å². The van der Waals surface area contributed by atoms with Gasteiger partial charge in [-0.2, -0.15) is 0 Å². The lowest BCUT2D eigenvalue weighted by atomic mass is 10.00. The average molecular weight is 283 g/mol. The van der Waals surface area contributed by atoms with Gasteiger partial charge in [-0.15, -0.1) is 0 Å². The summed E-state index contributed by atoms with van der Waals surface area (Å²) >= 11 is 3.41. The summed E-state index contributed by atoms with van der Waals surface area (Å²) in [5.74, 6) is 0.348. The van der Waals surface area contributed by atoms with Crippen molar-refractivity contribution in [1.82, 2.24) is 0 Å². The molecule has 1 aliphatic rings. The van der Waals surface area contributed by atoms with E-state index in [0.717, 1.165) is 10.0 Å². The number of halogens is 1. The van der Waals surface area contributed by atoms with Crippen LogP contribution in [0.2, 0.25) is 0 Å². The minimum absolute atomic E-state index is 0.222. The van der Waals surface area contributed by atoms with Crippen molar-refractivity contribution in [3.8, 4) is 0 Å². The van der Waals surface area contributed by atoms with Gasteiger partial charge in [0.1, 0.15) is 0 Å². The number of hydrogen-bond donors (Lipinski definition) is 1. The zero-order chi connectivity index (χ0) is 12.1. The smallest absolute Gasteiger partial charge is 0.0828 e. The van der Waals surface area contributed by atoms with Gasteiger partial charge in [0.05, 0.1) is 6.10 Å². The van der Waals surface area contributed by atoms with Crippen LogP contribution < -0.4 is 0 Å². The Morgan fingerprint density at radius 3 is 1.88 bits per heavy atom. The molecular weight excluding hydrogens is 264 g/mol. The van der Waals surface area contributed by atoms with Crippen molar-refractivity contribution in [3.63, 3.8) is 0 Å². The van der Waals surface area contributed by atoms with E-state index in [2.05, 4.69) is 43.6 Å². The molecule has 1 nitrogen and oxygen atoms in total. The van der Waals surface area contributed by atoms with Gasteiger partial charge in [0.25, 0.3) is 0 Å². The van der Waals surface area contributed by atoms with Crippen LogP contribution in [-0.2, 0) is 0 Å². The monoisotopic (exact) mass is 282 g/mol. The SMILES string of the molecule is CC1(C)C(C(O)c2ccc(Br)cc2)C1(C)C. The quantitative estimate of drug-likeness (QED) is 0.864. The summed E-state index contributed by atoms with van der Waals surface area (Å²) in [4.78, 5) is 0. The molecule has 2 rings (SSSR count). The van der Waals surface area contributed by atoms with Crippen LogP contribution in [0.5, 0.6) is 0 Å². The van der Waals surface area contributed by atoms with Gasteiger partial charge in [0.2, 0.25) is 0 Å². The summed E-state index contributed by atoms with van der Waals surface area (Å²) < 4.78 is 1.05. The molecule has 0 saturated heterocycles. The van der Waals surface area contributed by atoms with Crippen molar-refractivity contribution in [2.75, 3.05) is 0 Å². The zero-order valence-corrected chi connectivity index (χ0v) is 11.9. The van der Waals surface area contributed by atoms with E-state index in [1.54, 1.807) is 0 Å². The summed E-state index contributed by atoms with van der Waals surface area (Å²) in [6.07, 6.45) is -0.349. The van der Waals surface area contributed by atoms with E-state index >= 15 is 0 Å². The molecule has 2 heteroatoms. The summed E-state index contributed by atoms with van der Waals surface area (Å²) in [5.41, 5.74) is 1.46. The van der Waals surface area contributed by atoms with Gasteiger partial charge in [0.15, 0.2) is 0 Å². The van der Waals surface area contributed by atoms with Crippen LogP contribution in [0.15, 0.2) is 28.7 Å². The normalized spacial score (nSPS) is 24.1. The first-order valence-corrected chi connectivity index (χ1v) is 6.51. The minimum atomic E-state index is -0.349. The summed E-state index contributed by atoms with van der Waals surface area (Å²) in [7, 11) is 0. The topological polar surface area (TPSA) is 20.2 Å². The second-order valence-corrected chi connectivity index (χ2v) is 6.83. The molecule has 1 atom stereocenters. The minimum Gasteiger partial charge on any atom is -0.388 e. The second kappa shape index (κ2) is 3.58. The van der Waals surface area contributed by atoms with E-state index in [4.69, 9.17) is 0 Å². The Morgan fingerprint density at radius 1 is 1.06 bits per heavy atom. The molecule has 0 amide bonds. The van der Waals surface area contributed by atoms with Gasteiger partial charge >= 0.3 is 0 Å². The Hall–Kier alpha value is -0.340. The van der Waals surface area contributed by atoms with Crippen LogP contribution in [-0.4, -0.2) is 5.11 Å². The first kappa shape index (κ1) is 12.1. The summed E-state index contributed by atoms with van der Waals surface area (Å²) in [5, 5.41) is 10.4. The molecule has 16 heavy (non-hydrogen) atoms. The summed E-state index contributed by atoms with van der Waals surface area (Å²) in [6, 6.07) is 7.97. The Bertz CT molecular complexity index is 378. The Balaban J connectivity index is 2.22. The standard InChI is InChI=1S/C14H19BrO/c1-13(2)12(14(13,3)4)11(16)9-5-7-10(15)8-6-9/h5-8,11-12,16H,1-4H3. The molecule has 0 aliphatic heterocycles. The van der Waals surface area contributed by atoms with Crippen LogP contribution in [0.4, 0.5) is 0 Å². The highest BCUT2D eigenvalue weighted by atomic mass is 79.9. The molecule has 0 spiro atoms.